The maximum absolute atomic E-state index is 6.62. The molecule has 2 atom stereocenters. The van der Waals surface area contributed by atoms with Gasteiger partial charge in [-0.2, -0.15) is 0 Å². The van der Waals surface area contributed by atoms with Crippen LogP contribution in [0.5, 0.6) is 0 Å². The van der Waals surface area contributed by atoms with E-state index in [1.165, 1.54) is 30.4 Å². The van der Waals surface area contributed by atoms with Gasteiger partial charge in [-0.3, -0.25) is 0 Å². The maximum atomic E-state index is 6.62. The van der Waals surface area contributed by atoms with Gasteiger partial charge in [0.2, 0.25) is 0 Å². The van der Waals surface area contributed by atoms with Gasteiger partial charge >= 0.3 is 0 Å². The topological polar surface area (TPSA) is 26.0 Å². The van der Waals surface area contributed by atoms with E-state index in [1.54, 1.807) is 0 Å². The van der Waals surface area contributed by atoms with Crippen LogP contribution in [-0.4, -0.2) is 0 Å². The third kappa shape index (κ3) is 2.01. The molecule has 0 saturated heterocycles. The molecule has 1 aliphatic carbocycles. The second kappa shape index (κ2) is 4.58. The molecule has 0 aliphatic heterocycles. The van der Waals surface area contributed by atoms with Crippen LogP contribution < -0.4 is 5.73 Å². The number of hydrogen-bond donors (Lipinski definition) is 1. The fraction of sp³-hybridized carbons (Fsp3) is 0.600. The molecule has 1 fully saturated rings. The zero-order chi connectivity index (χ0) is 11.6. The van der Waals surface area contributed by atoms with Crippen LogP contribution in [0, 0.1) is 5.92 Å². The summed E-state index contributed by atoms with van der Waals surface area (Å²) in [5.41, 5.74) is 9.27. The molecule has 1 heteroatoms. The standard InChI is InChI=1S/C15H23N/c1-3-13-7-9-14(10-8-13)15(16)11-5-4-6-12(15)2/h7-10,12H,3-6,11,16H2,1-2H3. The lowest BCUT2D eigenvalue weighted by molar-refractivity contribution is 0.207. The average Bonchev–Trinajstić information content (AvgIpc) is 2.33. The zero-order valence-electron chi connectivity index (χ0n) is 10.5. The van der Waals surface area contributed by atoms with E-state index < -0.39 is 0 Å². The molecule has 1 aromatic rings. The average molecular weight is 217 g/mol. The second-order valence-electron chi connectivity index (χ2n) is 5.24. The largest absolute Gasteiger partial charge is 0.321 e. The van der Waals surface area contributed by atoms with Crippen molar-refractivity contribution in [3.63, 3.8) is 0 Å². The monoisotopic (exact) mass is 217 g/mol. The van der Waals surface area contributed by atoms with E-state index in [2.05, 4.69) is 38.1 Å². The Hall–Kier alpha value is -0.820. The van der Waals surface area contributed by atoms with Crippen molar-refractivity contribution >= 4 is 0 Å². The van der Waals surface area contributed by atoms with Gasteiger partial charge in [0.1, 0.15) is 0 Å². The molecule has 2 N–H and O–H groups in total. The highest BCUT2D eigenvalue weighted by Crippen LogP contribution is 2.39. The Balaban J connectivity index is 2.26. The lowest BCUT2D eigenvalue weighted by Gasteiger charge is -2.40. The Morgan fingerprint density at radius 2 is 1.94 bits per heavy atom. The summed E-state index contributed by atoms with van der Waals surface area (Å²) in [5.74, 6) is 0.605. The van der Waals surface area contributed by atoms with Crippen LogP contribution >= 0.6 is 0 Å². The molecule has 0 aromatic heterocycles. The van der Waals surface area contributed by atoms with Crippen molar-refractivity contribution in [3.05, 3.63) is 35.4 Å². The van der Waals surface area contributed by atoms with E-state index >= 15 is 0 Å². The van der Waals surface area contributed by atoms with E-state index in [0.717, 1.165) is 12.8 Å². The maximum Gasteiger partial charge on any atom is 0.0435 e. The van der Waals surface area contributed by atoms with E-state index in [4.69, 9.17) is 5.73 Å². The third-order valence-corrected chi connectivity index (χ3v) is 4.26. The summed E-state index contributed by atoms with van der Waals surface area (Å²) in [4.78, 5) is 0. The molecule has 2 unspecified atom stereocenters. The van der Waals surface area contributed by atoms with Gasteiger partial charge in [0.25, 0.3) is 0 Å². The first-order valence-corrected chi connectivity index (χ1v) is 6.55. The predicted molar refractivity (Wildman–Crippen MR) is 69.3 cm³/mol. The van der Waals surface area contributed by atoms with E-state index in [0.29, 0.717) is 5.92 Å². The summed E-state index contributed by atoms with van der Waals surface area (Å²) in [6.45, 7) is 4.49. The van der Waals surface area contributed by atoms with Gasteiger partial charge in [-0.25, -0.2) is 0 Å². The van der Waals surface area contributed by atoms with Crippen molar-refractivity contribution in [2.45, 2.75) is 51.5 Å². The Labute approximate surface area is 99.0 Å². The number of rotatable bonds is 2. The summed E-state index contributed by atoms with van der Waals surface area (Å²) in [5, 5.41) is 0. The Morgan fingerprint density at radius 3 is 2.50 bits per heavy atom. The van der Waals surface area contributed by atoms with Crippen LogP contribution in [0.4, 0.5) is 0 Å². The fourth-order valence-electron chi connectivity index (χ4n) is 2.85. The van der Waals surface area contributed by atoms with Gasteiger partial charge in [-0.15, -0.1) is 0 Å². The SMILES string of the molecule is CCc1ccc(C2(N)CCCCC2C)cc1. The van der Waals surface area contributed by atoms with Gasteiger partial charge in [-0.1, -0.05) is 51.0 Å². The predicted octanol–water partition coefficient (Wildman–Crippen LogP) is 3.61. The first kappa shape index (κ1) is 11.7. The first-order chi connectivity index (χ1) is 7.66. The molecule has 1 nitrogen and oxygen atoms in total. The van der Waals surface area contributed by atoms with Crippen molar-refractivity contribution in [2.75, 3.05) is 0 Å². The van der Waals surface area contributed by atoms with Crippen molar-refractivity contribution in [1.29, 1.82) is 0 Å². The van der Waals surface area contributed by atoms with Gasteiger partial charge in [0.15, 0.2) is 0 Å². The van der Waals surface area contributed by atoms with Crippen molar-refractivity contribution < 1.29 is 0 Å². The smallest absolute Gasteiger partial charge is 0.0435 e. The summed E-state index contributed by atoms with van der Waals surface area (Å²) in [6, 6.07) is 8.93. The van der Waals surface area contributed by atoms with E-state index in [-0.39, 0.29) is 5.54 Å². The zero-order valence-corrected chi connectivity index (χ0v) is 10.5. The summed E-state index contributed by atoms with van der Waals surface area (Å²) in [6.07, 6.45) is 6.13. The van der Waals surface area contributed by atoms with Gasteiger partial charge in [0.05, 0.1) is 0 Å². The van der Waals surface area contributed by atoms with E-state index in [9.17, 15) is 0 Å². The molecule has 0 spiro atoms. The Morgan fingerprint density at radius 1 is 1.25 bits per heavy atom. The van der Waals surface area contributed by atoms with Crippen molar-refractivity contribution in [3.8, 4) is 0 Å². The summed E-state index contributed by atoms with van der Waals surface area (Å²) >= 11 is 0. The van der Waals surface area contributed by atoms with Crippen LogP contribution in [-0.2, 0) is 12.0 Å². The number of aryl methyl sites for hydroxylation is 1. The summed E-state index contributed by atoms with van der Waals surface area (Å²) in [7, 11) is 0. The third-order valence-electron chi connectivity index (χ3n) is 4.26. The van der Waals surface area contributed by atoms with Crippen molar-refractivity contribution in [2.24, 2.45) is 11.7 Å². The highest BCUT2D eigenvalue weighted by molar-refractivity contribution is 5.29. The van der Waals surface area contributed by atoms with Crippen LogP contribution in [0.1, 0.15) is 50.7 Å². The quantitative estimate of drug-likeness (QED) is 0.804. The molecule has 0 bridgehead atoms. The molecule has 2 rings (SSSR count). The van der Waals surface area contributed by atoms with Crippen molar-refractivity contribution in [1.82, 2.24) is 0 Å². The highest BCUT2D eigenvalue weighted by atomic mass is 14.8. The molecule has 1 saturated carbocycles. The van der Waals surface area contributed by atoms with Crippen LogP contribution in [0.15, 0.2) is 24.3 Å². The normalized spacial score (nSPS) is 30.3. The van der Waals surface area contributed by atoms with E-state index in [1.807, 2.05) is 0 Å². The number of hydrogen-bond acceptors (Lipinski definition) is 1. The van der Waals surface area contributed by atoms with Gasteiger partial charge in [0, 0.05) is 5.54 Å². The number of nitrogens with two attached hydrogens (primary N) is 1. The molecule has 88 valence electrons. The Kier molecular flexibility index (Phi) is 3.34. The highest BCUT2D eigenvalue weighted by Gasteiger charge is 2.35. The van der Waals surface area contributed by atoms with Crippen LogP contribution in [0.2, 0.25) is 0 Å². The lowest BCUT2D eigenvalue weighted by atomic mass is 9.70. The molecular weight excluding hydrogens is 194 g/mol. The van der Waals surface area contributed by atoms with Crippen LogP contribution in [0.25, 0.3) is 0 Å². The minimum Gasteiger partial charge on any atom is -0.321 e. The first-order valence-electron chi connectivity index (χ1n) is 6.55. The molecule has 16 heavy (non-hydrogen) atoms. The lowest BCUT2D eigenvalue weighted by Crippen LogP contribution is -2.45. The molecule has 0 heterocycles. The van der Waals surface area contributed by atoms with Gasteiger partial charge < -0.3 is 5.73 Å². The molecule has 1 aromatic carbocycles. The minimum absolute atomic E-state index is 0.0788. The summed E-state index contributed by atoms with van der Waals surface area (Å²) < 4.78 is 0. The minimum atomic E-state index is -0.0788. The molecule has 0 radical (unpaired) electrons. The molecule has 1 aliphatic rings. The Bertz CT molecular complexity index is 341. The second-order valence-corrected chi connectivity index (χ2v) is 5.24. The fourth-order valence-corrected chi connectivity index (χ4v) is 2.85. The number of benzene rings is 1. The molecule has 0 amide bonds. The molecular formula is C15H23N. The van der Waals surface area contributed by atoms with Gasteiger partial charge in [-0.05, 0) is 36.3 Å². The van der Waals surface area contributed by atoms with Crippen LogP contribution in [0.3, 0.4) is 0 Å².